The molecule has 0 radical (unpaired) electrons. The maximum absolute atomic E-state index is 12.3. The Bertz CT molecular complexity index is 793. The average Bonchev–Trinajstić information content (AvgIpc) is 3.19. The molecule has 1 aromatic carbocycles. The Morgan fingerprint density at radius 1 is 1.30 bits per heavy atom. The largest absolute Gasteiger partial charge is 0.324 e. The molecule has 0 saturated heterocycles. The molecule has 118 valence electrons. The summed E-state index contributed by atoms with van der Waals surface area (Å²) in [4.78, 5) is 16.8. The second-order valence-electron chi connectivity index (χ2n) is 5.52. The highest BCUT2D eigenvalue weighted by molar-refractivity contribution is 7.09. The van der Waals surface area contributed by atoms with E-state index < -0.39 is 0 Å². The highest BCUT2D eigenvalue weighted by Gasteiger charge is 2.12. The van der Waals surface area contributed by atoms with Crippen molar-refractivity contribution >= 4 is 22.9 Å². The molecule has 0 spiro atoms. The first-order valence-corrected chi connectivity index (χ1v) is 8.34. The van der Waals surface area contributed by atoms with Gasteiger partial charge in [0.2, 0.25) is 5.91 Å². The molecule has 0 saturated carbocycles. The Morgan fingerprint density at radius 3 is 2.83 bits per heavy atom. The minimum Gasteiger partial charge on any atom is -0.324 e. The molecule has 0 aliphatic heterocycles. The van der Waals surface area contributed by atoms with E-state index in [-0.39, 0.29) is 12.3 Å². The zero-order valence-corrected chi connectivity index (χ0v) is 13.9. The third-order valence-corrected chi connectivity index (χ3v) is 4.53. The highest BCUT2D eigenvalue weighted by Crippen LogP contribution is 2.21. The lowest BCUT2D eigenvalue weighted by molar-refractivity contribution is -0.115. The molecule has 0 bridgehead atoms. The molecule has 3 rings (SSSR count). The van der Waals surface area contributed by atoms with Gasteiger partial charge in [-0.05, 0) is 18.2 Å². The standard InChI is InChI=1S/C17H18N4OS/c1-12(2)17-19-13(11-23-17)10-16(22)20-14-6-3-4-7-15(14)21-9-5-8-18-21/h3-9,11-12H,10H2,1-2H3,(H,20,22). The van der Waals surface area contributed by atoms with Crippen LogP contribution in [0, 0.1) is 0 Å². The van der Waals surface area contributed by atoms with Crippen LogP contribution in [0.15, 0.2) is 48.1 Å². The Balaban J connectivity index is 1.73. The van der Waals surface area contributed by atoms with Gasteiger partial charge in [-0.15, -0.1) is 11.3 Å². The molecule has 0 atom stereocenters. The van der Waals surface area contributed by atoms with Gasteiger partial charge in [-0.1, -0.05) is 26.0 Å². The van der Waals surface area contributed by atoms with Crippen molar-refractivity contribution in [2.45, 2.75) is 26.2 Å². The first-order chi connectivity index (χ1) is 11.1. The van der Waals surface area contributed by atoms with Crippen LogP contribution >= 0.6 is 11.3 Å². The second-order valence-corrected chi connectivity index (χ2v) is 6.41. The number of carbonyl (C=O) groups excluding carboxylic acids is 1. The molecular formula is C17H18N4OS. The van der Waals surface area contributed by atoms with Gasteiger partial charge in [0, 0.05) is 23.7 Å². The number of benzene rings is 1. The Kier molecular flexibility index (Phi) is 4.52. The Labute approximate surface area is 139 Å². The van der Waals surface area contributed by atoms with Crippen molar-refractivity contribution in [3.8, 4) is 5.69 Å². The van der Waals surface area contributed by atoms with Crippen LogP contribution in [0.1, 0.15) is 30.5 Å². The summed E-state index contributed by atoms with van der Waals surface area (Å²) in [6.45, 7) is 4.20. The lowest BCUT2D eigenvalue weighted by Gasteiger charge is -2.10. The summed E-state index contributed by atoms with van der Waals surface area (Å²) in [6, 6.07) is 9.45. The van der Waals surface area contributed by atoms with Crippen LogP contribution in [-0.2, 0) is 11.2 Å². The molecule has 2 aromatic heterocycles. The normalized spacial score (nSPS) is 10.9. The van der Waals surface area contributed by atoms with Crippen LogP contribution in [-0.4, -0.2) is 20.7 Å². The smallest absolute Gasteiger partial charge is 0.230 e. The van der Waals surface area contributed by atoms with Gasteiger partial charge in [-0.3, -0.25) is 4.79 Å². The number of para-hydroxylation sites is 2. The predicted molar refractivity (Wildman–Crippen MR) is 92.1 cm³/mol. The summed E-state index contributed by atoms with van der Waals surface area (Å²) in [5.74, 6) is 0.308. The highest BCUT2D eigenvalue weighted by atomic mass is 32.1. The van der Waals surface area contributed by atoms with Crippen LogP contribution < -0.4 is 5.32 Å². The molecule has 23 heavy (non-hydrogen) atoms. The van der Waals surface area contributed by atoms with Crippen molar-refractivity contribution in [2.24, 2.45) is 0 Å². The van der Waals surface area contributed by atoms with Gasteiger partial charge in [0.05, 0.1) is 28.5 Å². The van der Waals surface area contributed by atoms with E-state index in [1.165, 1.54) is 0 Å². The Hall–Kier alpha value is -2.47. The molecule has 0 aliphatic rings. The van der Waals surface area contributed by atoms with Crippen LogP contribution in [0.3, 0.4) is 0 Å². The van der Waals surface area contributed by atoms with E-state index in [2.05, 4.69) is 29.2 Å². The van der Waals surface area contributed by atoms with Crippen molar-refractivity contribution in [3.63, 3.8) is 0 Å². The lowest BCUT2D eigenvalue weighted by atomic mass is 10.2. The summed E-state index contributed by atoms with van der Waals surface area (Å²) in [6.07, 6.45) is 3.83. The number of nitrogens with one attached hydrogen (secondary N) is 1. The molecule has 0 aliphatic carbocycles. The van der Waals surface area contributed by atoms with Gasteiger partial charge in [0.1, 0.15) is 0 Å². The van der Waals surface area contributed by atoms with Crippen molar-refractivity contribution < 1.29 is 4.79 Å². The van der Waals surface area contributed by atoms with E-state index in [4.69, 9.17) is 0 Å². The monoisotopic (exact) mass is 326 g/mol. The lowest BCUT2D eigenvalue weighted by Crippen LogP contribution is -2.16. The number of thiazole rings is 1. The number of aromatic nitrogens is 3. The minimum atomic E-state index is -0.0785. The molecule has 2 heterocycles. The van der Waals surface area contributed by atoms with Crippen molar-refractivity contribution in [2.75, 3.05) is 5.32 Å². The van der Waals surface area contributed by atoms with Gasteiger partial charge in [0.25, 0.3) is 0 Å². The number of hydrogen-bond donors (Lipinski definition) is 1. The zero-order chi connectivity index (χ0) is 16.2. The predicted octanol–water partition coefficient (Wildman–Crippen LogP) is 3.63. The summed E-state index contributed by atoms with van der Waals surface area (Å²) >= 11 is 1.60. The summed E-state index contributed by atoms with van der Waals surface area (Å²) in [7, 11) is 0. The third kappa shape index (κ3) is 3.65. The minimum absolute atomic E-state index is 0.0785. The first kappa shape index (κ1) is 15.4. The van der Waals surface area contributed by atoms with Crippen molar-refractivity contribution in [1.82, 2.24) is 14.8 Å². The third-order valence-electron chi connectivity index (χ3n) is 3.33. The number of amides is 1. The zero-order valence-electron chi connectivity index (χ0n) is 13.1. The van der Waals surface area contributed by atoms with Crippen molar-refractivity contribution in [1.29, 1.82) is 0 Å². The van der Waals surface area contributed by atoms with E-state index >= 15 is 0 Å². The summed E-state index contributed by atoms with van der Waals surface area (Å²) in [5.41, 5.74) is 2.39. The van der Waals surface area contributed by atoms with Gasteiger partial charge < -0.3 is 5.32 Å². The number of anilines is 1. The van der Waals surface area contributed by atoms with E-state index in [1.807, 2.05) is 41.9 Å². The van der Waals surface area contributed by atoms with Gasteiger partial charge >= 0.3 is 0 Å². The molecule has 0 fully saturated rings. The van der Waals surface area contributed by atoms with Crippen LogP contribution in [0.5, 0.6) is 0 Å². The van der Waals surface area contributed by atoms with E-state index in [9.17, 15) is 4.79 Å². The first-order valence-electron chi connectivity index (χ1n) is 7.46. The molecule has 1 N–H and O–H groups in total. The molecular weight excluding hydrogens is 308 g/mol. The van der Waals surface area contributed by atoms with Gasteiger partial charge in [0.15, 0.2) is 0 Å². The van der Waals surface area contributed by atoms with Crippen LogP contribution in [0.4, 0.5) is 5.69 Å². The van der Waals surface area contributed by atoms with E-state index in [0.717, 1.165) is 22.1 Å². The fourth-order valence-electron chi connectivity index (χ4n) is 2.22. The van der Waals surface area contributed by atoms with Gasteiger partial charge in [-0.2, -0.15) is 5.10 Å². The Morgan fingerprint density at radius 2 is 2.13 bits per heavy atom. The number of hydrogen-bond acceptors (Lipinski definition) is 4. The molecule has 0 unspecified atom stereocenters. The van der Waals surface area contributed by atoms with Crippen molar-refractivity contribution in [3.05, 3.63) is 58.8 Å². The second kappa shape index (κ2) is 6.75. The van der Waals surface area contributed by atoms with Crippen LogP contribution in [0.25, 0.3) is 5.69 Å². The quantitative estimate of drug-likeness (QED) is 0.779. The fraction of sp³-hybridized carbons (Fsp3) is 0.235. The molecule has 5 nitrogen and oxygen atoms in total. The fourth-order valence-corrected chi connectivity index (χ4v) is 3.05. The number of nitrogens with zero attached hydrogens (tertiary/aromatic N) is 3. The number of rotatable bonds is 5. The maximum Gasteiger partial charge on any atom is 0.230 e. The van der Waals surface area contributed by atoms with E-state index in [1.54, 1.807) is 22.2 Å². The summed E-state index contributed by atoms with van der Waals surface area (Å²) in [5, 5.41) is 10.2. The summed E-state index contributed by atoms with van der Waals surface area (Å²) < 4.78 is 1.73. The average molecular weight is 326 g/mol. The number of carbonyl (C=O) groups is 1. The van der Waals surface area contributed by atoms with E-state index in [0.29, 0.717) is 5.92 Å². The molecule has 6 heteroatoms. The topological polar surface area (TPSA) is 59.8 Å². The maximum atomic E-state index is 12.3. The van der Waals surface area contributed by atoms with Crippen LogP contribution in [0.2, 0.25) is 0 Å². The molecule has 1 amide bonds. The van der Waals surface area contributed by atoms with Gasteiger partial charge in [-0.25, -0.2) is 9.67 Å². The SMILES string of the molecule is CC(C)c1nc(CC(=O)Nc2ccccc2-n2cccn2)cs1. The molecule has 3 aromatic rings.